The second kappa shape index (κ2) is 6.94. The van der Waals surface area contributed by atoms with Crippen LogP contribution in [0.25, 0.3) is 17.2 Å². The van der Waals surface area contributed by atoms with E-state index in [9.17, 15) is 0 Å². The van der Waals surface area contributed by atoms with Gasteiger partial charge in [0.05, 0.1) is 20.4 Å². The molecule has 3 heterocycles. The van der Waals surface area contributed by atoms with Crippen LogP contribution in [0.2, 0.25) is 0 Å². The molecule has 0 aliphatic rings. The number of hydrogen-bond donors (Lipinski definition) is 1. The molecular formula is C18H18N6O3. The molecule has 0 aliphatic heterocycles. The Kier molecular flexibility index (Phi) is 4.33. The van der Waals surface area contributed by atoms with E-state index < -0.39 is 0 Å². The van der Waals surface area contributed by atoms with Crippen LogP contribution in [0, 0.1) is 6.92 Å². The molecule has 0 unspecified atom stereocenters. The van der Waals surface area contributed by atoms with Crippen LogP contribution in [0.5, 0.6) is 11.5 Å². The van der Waals surface area contributed by atoms with Crippen LogP contribution >= 0.6 is 0 Å². The van der Waals surface area contributed by atoms with Gasteiger partial charge >= 0.3 is 0 Å². The third-order valence-corrected chi connectivity index (χ3v) is 4.22. The summed E-state index contributed by atoms with van der Waals surface area (Å²) in [6.45, 7) is 2.38. The third-order valence-electron chi connectivity index (χ3n) is 4.22. The van der Waals surface area contributed by atoms with Crippen molar-refractivity contribution < 1.29 is 13.9 Å². The molecule has 0 amide bonds. The van der Waals surface area contributed by atoms with Gasteiger partial charge in [-0.2, -0.15) is 9.61 Å². The van der Waals surface area contributed by atoms with Crippen molar-refractivity contribution in [2.45, 2.75) is 13.5 Å². The van der Waals surface area contributed by atoms with E-state index in [0.717, 1.165) is 22.6 Å². The molecule has 0 saturated heterocycles. The molecule has 138 valence electrons. The highest BCUT2D eigenvalue weighted by atomic mass is 16.5. The first-order chi connectivity index (χ1) is 13.2. The van der Waals surface area contributed by atoms with E-state index >= 15 is 0 Å². The smallest absolute Gasteiger partial charge is 0.245 e. The summed E-state index contributed by atoms with van der Waals surface area (Å²) in [5.74, 6) is 2.41. The quantitative estimate of drug-likeness (QED) is 0.556. The molecule has 1 N–H and O–H groups in total. The highest BCUT2D eigenvalue weighted by molar-refractivity contribution is 5.66. The SMILES string of the molecule is COc1ccc(CNc2nc(-c3ncco3)c(C)c3ncnn23)c(OC)c1. The van der Waals surface area contributed by atoms with E-state index in [2.05, 4.69) is 25.4 Å². The lowest BCUT2D eigenvalue weighted by molar-refractivity contribution is 0.391. The van der Waals surface area contributed by atoms with Crippen molar-refractivity contribution >= 4 is 11.6 Å². The van der Waals surface area contributed by atoms with Crippen LogP contribution in [-0.2, 0) is 6.54 Å². The van der Waals surface area contributed by atoms with Crippen LogP contribution in [0.15, 0.2) is 41.4 Å². The number of nitrogens with one attached hydrogen (secondary N) is 1. The zero-order valence-electron chi connectivity index (χ0n) is 15.1. The summed E-state index contributed by atoms with van der Waals surface area (Å²) in [7, 11) is 3.24. The normalized spacial score (nSPS) is 10.9. The Hall–Kier alpha value is -3.62. The summed E-state index contributed by atoms with van der Waals surface area (Å²) in [6.07, 6.45) is 4.59. The molecule has 0 fully saturated rings. The Morgan fingerprint density at radius 3 is 2.81 bits per heavy atom. The third kappa shape index (κ3) is 3.03. The Morgan fingerprint density at radius 2 is 2.07 bits per heavy atom. The molecule has 9 nitrogen and oxygen atoms in total. The first-order valence-electron chi connectivity index (χ1n) is 8.26. The monoisotopic (exact) mass is 366 g/mol. The molecule has 9 heteroatoms. The van der Waals surface area contributed by atoms with Crippen LogP contribution in [-0.4, -0.2) is 38.8 Å². The molecule has 3 aromatic heterocycles. The summed E-state index contributed by atoms with van der Waals surface area (Å²) in [5.41, 5.74) is 3.08. The standard InChI is InChI=1S/C18H18N6O3/c1-11-15(17-19-6-7-27-17)23-18(24-16(11)21-10-22-24)20-9-12-4-5-13(25-2)8-14(12)26-3/h4-8,10H,9H2,1-3H3,(H,20,23). The number of hydrogen-bond acceptors (Lipinski definition) is 8. The van der Waals surface area contributed by atoms with Gasteiger partial charge in [0.15, 0.2) is 5.65 Å². The summed E-state index contributed by atoms with van der Waals surface area (Å²) in [6, 6.07) is 5.65. The molecule has 0 radical (unpaired) electrons. The number of nitrogens with zero attached hydrogens (tertiary/aromatic N) is 5. The Labute approximate surface area is 155 Å². The lowest BCUT2D eigenvalue weighted by Gasteiger charge is -2.13. The Bertz CT molecular complexity index is 1070. The van der Waals surface area contributed by atoms with Gasteiger partial charge in [-0.05, 0) is 19.1 Å². The average Bonchev–Trinajstić information content (AvgIpc) is 3.39. The van der Waals surface area contributed by atoms with Gasteiger partial charge in [-0.1, -0.05) is 0 Å². The van der Waals surface area contributed by atoms with Crippen LogP contribution in [0.1, 0.15) is 11.1 Å². The van der Waals surface area contributed by atoms with Gasteiger partial charge < -0.3 is 19.2 Å². The van der Waals surface area contributed by atoms with Gasteiger partial charge in [0, 0.05) is 23.7 Å². The molecule has 0 aliphatic carbocycles. The summed E-state index contributed by atoms with van der Waals surface area (Å²) in [5, 5.41) is 7.55. The molecule has 4 rings (SSSR count). The van der Waals surface area contributed by atoms with Gasteiger partial charge in [0.1, 0.15) is 29.8 Å². The van der Waals surface area contributed by atoms with Gasteiger partial charge in [0.2, 0.25) is 11.8 Å². The number of fused-ring (bicyclic) bond motifs is 1. The largest absolute Gasteiger partial charge is 0.497 e. The van der Waals surface area contributed by atoms with E-state index in [-0.39, 0.29) is 0 Å². The first-order valence-corrected chi connectivity index (χ1v) is 8.26. The number of benzene rings is 1. The van der Waals surface area contributed by atoms with E-state index in [0.29, 0.717) is 29.7 Å². The highest BCUT2D eigenvalue weighted by Gasteiger charge is 2.17. The lowest BCUT2D eigenvalue weighted by Crippen LogP contribution is -2.10. The molecule has 1 aromatic carbocycles. The predicted octanol–water partition coefficient (Wildman–Crippen LogP) is 2.72. The summed E-state index contributed by atoms with van der Waals surface area (Å²) < 4.78 is 17.8. The fourth-order valence-electron chi connectivity index (χ4n) is 2.83. The fourth-order valence-corrected chi connectivity index (χ4v) is 2.83. The summed E-state index contributed by atoms with van der Waals surface area (Å²) >= 11 is 0. The molecule has 27 heavy (non-hydrogen) atoms. The number of rotatable bonds is 6. The maximum absolute atomic E-state index is 5.45. The van der Waals surface area contributed by atoms with Gasteiger partial charge in [-0.25, -0.2) is 15.0 Å². The Balaban J connectivity index is 1.70. The van der Waals surface area contributed by atoms with E-state index in [4.69, 9.17) is 13.9 Å². The highest BCUT2D eigenvalue weighted by Crippen LogP contribution is 2.27. The first kappa shape index (κ1) is 16.8. The van der Waals surface area contributed by atoms with Crippen molar-refractivity contribution in [1.82, 2.24) is 24.6 Å². The lowest BCUT2D eigenvalue weighted by atomic mass is 10.2. The minimum atomic E-state index is 0.433. The number of anilines is 1. The molecule has 0 saturated carbocycles. The van der Waals surface area contributed by atoms with Crippen molar-refractivity contribution in [2.75, 3.05) is 19.5 Å². The number of aryl methyl sites for hydroxylation is 1. The zero-order chi connectivity index (χ0) is 18.8. The van der Waals surface area contributed by atoms with Crippen LogP contribution < -0.4 is 14.8 Å². The second-order valence-electron chi connectivity index (χ2n) is 5.77. The zero-order valence-corrected chi connectivity index (χ0v) is 15.1. The maximum atomic E-state index is 5.45. The topological polar surface area (TPSA) is 99.6 Å². The minimum absolute atomic E-state index is 0.433. The van der Waals surface area contributed by atoms with Crippen molar-refractivity contribution in [2.24, 2.45) is 0 Å². The summed E-state index contributed by atoms with van der Waals surface area (Å²) in [4.78, 5) is 13.2. The molecule has 4 aromatic rings. The number of ether oxygens (including phenoxy) is 2. The van der Waals surface area contributed by atoms with Crippen molar-refractivity contribution in [3.8, 4) is 23.1 Å². The van der Waals surface area contributed by atoms with Crippen molar-refractivity contribution in [1.29, 1.82) is 0 Å². The van der Waals surface area contributed by atoms with Gasteiger partial charge in [-0.15, -0.1) is 0 Å². The van der Waals surface area contributed by atoms with Crippen molar-refractivity contribution in [3.05, 3.63) is 48.1 Å². The van der Waals surface area contributed by atoms with E-state index in [1.807, 2.05) is 25.1 Å². The number of aromatic nitrogens is 5. The molecule has 0 spiro atoms. The molecular weight excluding hydrogens is 348 g/mol. The van der Waals surface area contributed by atoms with Gasteiger partial charge in [0.25, 0.3) is 0 Å². The van der Waals surface area contributed by atoms with E-state index in [1.54, 1.807) is 24.9 Å². The van der Waals surface area contributed by atoms with Crippen LogP contribution in [0.4, 0.5) is 5.95 Å². The van der Waals surface area contributed by atoms with Gasteiger partial charge in [-0.3, -0.25) is 0 Å². The number of oxazole rings is 1. The Morgan fingerprint density at radius 1 is 1.19 bits per heavy atom. The average molecular weight is 366 g/mol. The molecule has 0 bridgehead atoms. The predicted molar refractivity (Wildman–Crippen MR) is 97.9 cm³/mol. The maximum Gasteiger partial charge on any atom is 0.245 e. The van der Waals surface area contributed by atoms with Crippen LogP contribution in [0.3, 0.4) is 0 Å². The second-order valence-corrected chi connectivity index (χ2v) is 5.77. The molecule has 0 atom stereocenters. The van der Waals surface area contributed by atoms with Crippen molar-refractivity contribution in [3.63, 3.8) is 0 Å². The minimum Gasteiger partial charge on any atom is -0.497 e. The number of methoxy groups -OCH3 is 2. The van der Waals surface area contributed by atoms with E-state index in [1.165, 1.54) is 12.6 Å². The fraction of sp³-hybridized carbons (Fsp3) is 0.222.